The summed E-state index contributed by atoms with van der Waals surface area (Å²) in [7, 11) is 0. The van der Waals surface area contributed by atoms with E-state index in [1.807, 2.05) is 20.8 Å². The molecule has 1 aliphatic rings. The molecule has 0 radical (unpaired) electrons. The van der Waals surface area contributed by atoms with E-state index >= 15 is 0 Å². The van der Waals surface area contributed by atoms with Crippen LogP contribution in [-0.2, 0) is 17.3 Å². The first-order chi connectivity index (χ1) is 10.6. The van der Waals surface area contributed by atoms with Crippen LogP contribution in [0.1, 0.15) is 43.9 Å². The average molecular weight is 328 g/mol. The van der Waals surface area contributed by atoms with Gasteiger partial charge in [-0.2, -0.15) is 18.3 Å². The van der Waals surface area contributed by atoms with Gasteiger partial charge in [0.15, 0.2) is 0 Å². The summed E-state index contributed by atoms with van der Waals surface area (Å²) in [4.78, 5) is 10.9. The van der Waals surface area contributed by atoms with E-state index in [0.717, 1.165) is 6.07 Å². The number of ether oxygens (including phenoxy) is 1. The first-order valence-electron chi connectivity index (χ1n) is 7.26. The Balaban J connectivity index is 2.33. The Kier molecular flexibility index (Phi) is 4.68. The summed E-state index contributed by atoms with van der Waals surface area (Å²) < 4.78 is 44.7. The molecular formula is C16H19F3N2O2. The molecule has 0 saturated heterocycles. The maximum absolute atomic E-state index is 13.3. The van der Waals surface area contributed by atoms with Crippen molar-refractivity contribution in [1.29, 1.82) is 0 Å². The number of amides is 1. The summed E-state index contributed by atoms with van der Waals surface area (Å²) in [5, 5.41) is 3.74. The monoisotopic (exact) mass is 328 g/mol. The van der Waals surface area contributed by atoms with Crippen LogP contribution in [0.3, 0.4) is 0 Å². The van der Waals surface area contributed by atoms with E-state index in [2.05, 4.69) is 10.5 Å². The second kappa shape index (κ2) is 6.22. The quantitative estimate of drug-likeness (QED) is 0.907. The summed E-state index contributed by atoms with van der Waals surface area (Å²) in [5.74, 6) is 0. The number of cyclic esters (lactones) is 1. The second-order valence-electron chi connectivity index (χ2n) is 6.68. The molecule has 126 valence electrons. The molecule has 0 bridgehead atoms. The van der Waals surface area contributed by atoms with Crippen molar-refractivity contribution in [3.8, 4) is 0 Å². The van der Waals surface area contributed by atoms with Crippen LogP contribution in [0.15, 0.2) is 23.3 Å². The van der Waals surface area contributed by atoms with Crippen LogP contribution < -0.4 is 5.43 Å². The Morgan fingerprint density at radius 3 is 2.48 bits per heavy atom. The number of hydrazone groups is 1. The maximum Gasteiger partial charge on any atom is 0.428 e. The van der Waals surface area contributed by atoms with Gasteiger partial charge in [0, 0.05) is 5.56 Å². The number of nitrogens with zero attached hydrogens (tertiary/aromatic N) is 1. The predicted octanol–water partition coefficient (Wildman–Crippen LogP) is 4.13. The van der Waals surface area contributed by atoms with E-state index in [4.69, 9.17) is 4.74 Å². The van der Waals surface area contributed by atoms with Crippen LogP contribution in [0.25, 0.3) is 0 Å². The van der Waals surface area contributed by atoms with Crippen molar-refractivity contribution in [2.45, 2.75) is 39.8 Å². The summed E-state index contributed by atoms with van der Waals surface area (Å²) in [5.41, 5.74) is 2.19. The zero-order valence-corrected chi connectivity index (χ0v) is 13.3. The number of aryl methyl sites for hydroxylation is 1. The minimum Gasteiger partial charge on any atom is -0.442 e. The molecule has 0 atom stereocenters. The zero-order valence-electron chi connectivity index (χ0n) is 13.3. The summed E-state index contributed by atoms with van der Waals surface area (Å²) in [6.07, 6.45) is -4.16. The first kappa shape index (κ1) is 17.3. The normalized spacial score (nSPS) is 15.7. The van der Waals surface area contributed by atoms with Crippen LogP contribution in [0, 0.1) is 5.41 Å². The van der Waals surface area contributed by atoms with Crippen molar-refractivity contribution in [1.82, 2.24) is 5.43 Å². The van der Waals surface area contributed by atoms with Crippen molar-refractivity contribution in [3.63, 3.8) is 0 Å². The van der Waals surface area contributed by atoms with Crippen molar-refractivity contribution in [2.75, 3.05) is 6.61 Å². The number of alkyl halides is 3. The molecule has 7 heteroatoms. The lowest BCUT2D eigenvalue weighted by atomic mass is 9.87. The number of benzene rings is 1. The maximum atomic E-state index is 13.3. The molecular weight excluding hydrogens is 309 g/mol. The number of hydrogen-bond acceptors (Lipinski definition) is 3. The highest BCUT2D eigenvalue weighted by Gasteiger charge is 2.34. The molecule has 0 fully saturated rings. The van der Waals surface area contributed by atoms with Crippen LogP contribution in [0.2, 0.25) is 0 Å². The summed E-state index contributed by atoms with van der Waals surface area (Å²) in [6, 6.07) is 4.12. The van der Waals surface area contributed by atoms with Crippen molar-refractivity contribution < 1.29 is 22.7 Å². The van der Waals surface area contributed by atoms with E-state index in [1.165, 1.54) is 6.07 Å². The third-order valence-corrected chi connectivity index (χ3v) is 3.51. The topological polar surface area (TPSA) is 50.7 Å². The van der Waals surface area contributed by atoms with E-state index in [-0.39, 0.29) is 28.9 Å². The van der Waals surface area contributed by atoms with Crippen molar-refractivity contribution in [3.05, 3.63) is 34.9 Å². The average Bonchev–Trinajstić information content (AvgIpc) is 2.44. The number of hydrogen-bond donors (Lipinski definition) is 1. The van der Waals surface area contributed by atoms with Gasteiger partial charge in [0.05, 0.1) is 5.56 Å². The van der Waals surface area contributed by atoms with Crippen LogP contribution in [0.4, 0.5) is 18.0 Å². The highest BCUT2D eigenvalue weighted by atomic mass is 19.4. The van der Waals surface area contributed by atoms with E-state index in [1.54, 1.807) is 6.07 Å². The molecule has 0 saturated carbocycles. The summed E-state index contributed by atoms with van der Waals surface area (Å²) in [6.45, 7) is 5.83. The number of halogens is 3. The smallest absolute Gasteiger partial charge is 0.428 e. The van der Waals surface area contributed by atoms with Gasteiger partial charge in [-0.15, -0.1) is 0 Å². The van der Waals surface area contributed by atoms with Gasteiger partial charge in [0.2, 0.25) is 0 Å². The van der Waals surface area contributed by atoms with Crippen molar-refractivity contribution in [2.24, 2.45) is 10.5 Å². The molecule has 0 aromatic heterocycles. The van der Waals surface area contributed by atoms with Gasteiger partial charge < -0.3 is 4.74 Å². The lowest BCUT2D eigenvalue weighted by molar-refractivity contribution is -0.138. The molecule has 1 amide bonds. The predicted molar refractivity (Wildman–Crippen MR) is 80.2 cm³/mol. The van der Waals surface area contributed by atoms with Crippen LogP contribution >= 0.6 is 0 Å². The molecule has 23 heavy (non-hydrogen) atoms. The Labute approximate surface area is 132 Å². The Morgan fingerprint density at radius 1 is 1.26 bits per heavy atom. The molecule has 1 heterocycles. The highest BCUT2D eigenvalue weighted by molar-refractivity contribution is 6.03. The van der Waals surface area contributed by atoms with Gasteiger partial charge >= 0.3 is 12.3 Å². The molecule has 0 spiro atoms. The lowest BCUT2D eigenvalue weighted by Gasteiger charge is -2.21. The second-order valence-corrected chi connectivity index (χ2v) is 6.68. The Morgan fingerprint density at radius 2 is 1.96 bits per heavy atom. The summed E-state index contributed by atoms with van der Waals surface area (Å²) >= 11 is 0. The fourth-order valence-electron chi connectivity index (χ4n) is 2.21. The van der Waals surface area contributed by atoms with E-state index in [0.29, 0.717) is 12.8 Å². The minimum atomic E-state index is -4.44. The molecule has 0 unspecified atom stereocenters. The van der Waals surface area contributed by atoms with Gasteiger partial charge in [-0.05, 0) is 29.9 Å². The van der Waals surface area contributed by atoms with Gasteiger partial charge in [-0.3, -0.25) is 0 Å². The SMILES string of the molecule is CC(C)(C)CCc1ccc(C2=NNC(=O)OC2)cc1C(F)(F)F. The van der Waals surface area contributed by atoms with Crippen molar-refractivity contribution >= 4 is 11.8 Å². The molecule has 4 nitrogen and oxygen atoms in total. The van der Waals surface area contributed by atoms with E-state index in [9.17, 15) is 18.0 Å². The van der Waals surface area contributed by atoms with E-state index < -0.39 is 17.8 Å². The Hall–Kier alpha value is -2.05. The van der Waals surface area contributed by atoms with Crippen LogP contribution in [0.5, 0.6) is 0 Å². The third-order valence-electron chi connectivity index (χ3n) is 3.51. The fourth-order valence-corrected chi connectivity index (χ4v) is 2.21. The number of nitrogens with one attached hydrogen (secondary N) is 1. The van der Waals surface area contributed by atoms with Gasteiger partial charge in [0.25, 0.3) is 0 Å². The minimum absolute atomic E-state index is 0.0485. The number of carbonyl (C=O) groups excluding carboxylic acids is 1. The fraction of sp³-hybridized carbons (Fsp3) is 0.500. The molecule has 1 N–H and O–H groups in total. The molecule has 0 aliphatic carbocycles. The van der Waals surface area contributed by atoms with Gasteiger partial charge in [-0.1, -0.05) is 32.9 Å². The number of rotatable bonds is 3. The molecule has 1 aliphatic heterocycles. The molecule has 2 rings (SSSR count). The first-order valence-corrected chi connectivity index (χ1v) is 7.26. The molecule has 1 aromatic carbocycles. The Bertz CT molecular complexity index is 631. The highest BCUT2D eigenvalue weighted by Crippen LogP contribution is 2.34. The lowest BCUT2D eigenvalue weighted by Crippen LogP contribution is -2.31. The third kappa shape index (κ3) is 4.71. The zero-order chi connectivity index (χ0) is 17.3. The standard InChI is InChI=1S/C16H19F3N2O2/c1-15(2,3)7-6-10-4-5-11(8-12(10)16(17,18)19)13-9-23-14(22)21-20-13/h4-5,8H,6-7,9H2,1-3H3,(H,21,22). The van der Waals surface area contributed by atoms with Gasteiger partial charge in [0.1, 0.15) is 12.3 Å². The van der Waals surface area contributed by atoms with Gasteiger partial charge in [-0.25, -0.2) is 10.2 Å². The largest absolute Gasteiger partial charge is 0.442 e. The van der Waals surface area contributed by atoms with Crippen LogP contribution in [-0.4, -0.2) is 18.4 Å². The number of carbonyl (C=O) groups is 1. The molecule has 1 aromatic rings.